The van der Waals surface area contributed by atoms with Crippen molar-refractivity contribution in [3.05, 3.63) is 82.9 Å². The first-order valence-corrected chi connectivity index (χ1v) is 10.5. The van der Waals surface area contributed by atoms with Crippen LogP contribution in [-0.4, -0.2) is 37.3 Å². The van der Waals surface area contributed by atoms with Crippen LogP contribution in [-0.2, 0) is 22.6 Å². The van der Waals surface area contributed by atoms with E-state index in [1.54, 1.807) is 0 Å². The van der Waals surface area contributed by atoms with Crippen LogP contribution in [0.4, 0.5) is 0 Å². The third-order valence-corrected chi connectivity index (χ3v) is 5.02. The third-order valence-electron chi connectivity index (χ3n) is 5.02. The van der Waals surface area contributed by atoms with E-state index < -0.39 is 0 Å². The normalized spacial score (nSPS) is 16.1. The van der Waals surface area contributed by atoms with Gasteiger partial charge in [0.25, 0.3) is 0 Å². The highest BCUT2D eigenvalue weighted by molar-refractivity contribution is 5.42. The molecule has 1 aliphatic heterocycles. The molecule has 3 nitrogen and oxygen atoms in total. The summed E-state index contributed by atoms with van der Waals surface area (Å²) < 4.78 is 11.5. The van der Waals surface area contributed by atoms with Crippen LogP contribution >= 0.6 is 0 Å². The van der Waals surface area contributed by atoms with Gasteiger partial charge >= 0.3 is 0 Å². The van der Waals surface area contributed by atoms with Crippen LogP contribution in [0.3, 0.4) is 0 Å². The lowest BCUT2D eigenvalue weighted by Gasteiger charge is -2.26. The van der Waals surface area contributed by atoms with Crippen LogP contribution in [0.2, 0.25) is 0 Å². The second-order valence-corrected chi connectivity index (χ2v) is 7.34. The van der Waals surface area contributed by atoms with E-state index in [-0.39, 0.29) is 6.10 Å². The van der Waals surface area contributed by atoms with E-state index in [2.05, 4.69) is 73.1 Å². The lowest BCUT2D eigenvalue weighted by molar-refractivity contribution is 0.0342. The Hall–Kier alpha value is -2.38. The minimum absolute atomic E-state index is 0.0248. The molecule has 0 saturated carbocycles. The van der Waals surface area contributed by atoms with Gasteiger partial charge in [-0.15, -0.1) is 0 Å². The fourth-order valence-electron chi connectivity index (χ4n) is 3.28. The number of rotatable bonds is 7. The molecule has 29 heavy (non-hydrogen) atoms. The van der Waals surface area contributed by atoms with Crippen molar-refractivity contribution < 1.29 is 9.47 Å². The molecule has 1 fully saturated rings. The summed E-state index contributed by atoms with van der Waals surface area (Å²) in [7, 11) is 0. The smallest absolute Gasteiger partial charge is 0.0876 e. The van der Waals surface area contributed by atoms with Gasteiger partial charge < -0.3 is 9.47 Å². The van der Waals surface area contributed by atoms with Crippen LogP contribution < -0.4 is 0 Å². The van der Waals surface area contributed by atoms with Crippen LogP contribution in [0, 0.1) is 11.8 Å². The first kappa shape index (κ1) is 21.3. The quantitative estimate of drug-likeness (QED) is 0.634. The Labute approximate surface area is 175 Å². The summed E-state index contributed by atoms with van der Waals surface area (Å²) in [5.74, 6) is 6.64. The van der Waals surface area contributed by atoms with E-state index >= 15 is 0 Å². The van der Waals surface area contributed by atoms with Crippen molar-refractivity contribution in [1.29, 1.82) is 0 Å². The summed E-state index contributed by atoms with van der Waals surface area (Å²) in [6.45, 7) is 9.46. The van der Waals surface area contributed by atoms with Gasteiger partial charge in [0.1, 0.15) is 0 Å². The molecule has 3 heteroatoms. The van der Waals surface area contributed by atoms with E-state index in [9.17, 15) is 0 Å². The SMILES string of the molecule is CC/C=C(/C#Cc1ccc(CN2CCOCC2)cc1)C(C)OCc1ccccc1. The molecule has 1 unspecified atom stereocenters. The summed E-state index contributed by atoms with van der Waals surface area (Å²) >= 11 is 0. The number of nitrogens with zero attached hydrogens (tertiary/aromatic N) is 1. The molecule has 2 aromatic rings. The van der Waals surface area contributed by atoms with Gasteiger partial charge in [-0.2, -0.15) is 0 Å². The average Bonchev–Trinajstić information content (AvgIpc) is 2.77. The second-order valence-electron chi connectivity index (χ2n) is 7.34. The van der Waals surface area contributed by atoms with Crippen LogP contribution in [0.15, 0.2) is 66.2 Å². The Balaban J connectivity index is 1.58. The Morgan fingerprint density at radius 2 is 1.79 bits per heavy atom. The molecule has 2 aromatic carbocycles. The minimum atomic E-state index is -0.0248. The van der Waals surface area contributed by atoms with Gasteiger partial charge in [-0.3, -0.25) is 4.90 Å². The Morgan fingerprint density at radius 3 is 2.48 bits per heavy atom. The van der Waals surface area contributed by atoms with Gasteiger partial charge in [0.2, 0.25) is 0 Å². The van der Waals surface area contributed by atoms with Crippen molar-refractivity contribution in [3.8, 4) is 11.8 Å². The molecule has 0 spiro atoms. The Bertz CT molecular complexity index is 825. The zero-order valence-electron chi connectivity index (χ0n) is 17.6. The molecular formula is C26H31NO2. The molecule has 0 radical (unpaired) electrons. The van der Waals surface area contributed by atoms with Gasteiger partial charge in [0.15, 0.2) is 0 Å². The summed E-state index contributed by atoms with van der Waals surface area (Å²) in [4.78, 5) is 2.43. The fourth-order valence-corrected chi connectivity index (χ4v) is 3.28. The highest BCUT2D eigenvalue weighted by Gasteiger charge is 2.10. The number of hydrogen-bond acceptors (Lipinski definition) is 3. The van der Waals surface area contributed by atoms with Crippen molar-refractivity contribution in [3.63, 3.8) is 0 Å². The zero-order chi connectivity index (χ0) is 20.3. The molecule has 1 aliphatic rings. The van der Waals surface area contributed by atoms with Crippen molar-refractivity contribution in [2.75, 3.05) is 26.3 Å². The van der Waals surface area contributed by atoms with Gasteiger partial charge in [0.05, 0.1) is 25.9 Å². The maximum Gasteiger partial charge on any atom is 0.0876 e. The lowest BCUT2D eigenvalue weighted by atomic mass is 10.1. The van der Waals surface area contributed by atoms with E-state index in [1.165, 1.54) is 11.1 Å². The predicted octanol–water partition coefficient (Wildman–Crippen LogP) is 4.81. The highest BCUT2D eigenvalue weighted by atomic mass is 16.5. The maximum absolute atomic E-state index is 6.05. The molecule has 0 aromatic heterocycles. The zero-order valence-corrected chi connectivity index (χ0v) is 17.6. The standard InChI is InChI=1S/C26H31NO2/c1-3-7-26(22(2)29-21-25-8-5-4-6-9-25)15-14-23-10-12-24(13-11-23)20-27-16-18-28-19-17-27/h4-13,22H,3,16-21H2,1-2H3/b26-7-. The first-order valence-electron chi connectivity index (χ1n) is 10.5. The molecule has 0 aliphatic carbocycles. The van der Waals surface area contributed by atoms with Gasteiger partial charge in [-0.1, -0.05) is 67.3 Å². The Kier molecular flexibility index (Phi) is 8.52. The molecule has 0 N–H and O–H groups in total. The highest BCUT2D eigenvalue weighted by Crippen LogP contribution is 2.12. The number of hydrogen-bond donors (Lipinski definition) is 0. The van der Waals surface area contributed by atoms with Crippen molar-refractivity contribution in [1.82, 2.24) is 4.90 Å². The Morgan fingerprint density at radius 1 is 1.07 bits per heavy atom. The first-order chi connectivity index (χ1) is 14.2. The minimum Gasteiger partial charge on any atom is -0.379 e. The topological polar surface area (TPSA) is 21.7 Å². The molecule has 1 atom stereocenters. The van der Waals surface area contributed by atoms with Gasteiger partial charge in [0, 0.05) is 30.8 Å². The monoisotopic (exact) mass is 389 g/mol. The van der Waals surface area contributed by atoms with Gasteiger partial charge in [-0.05, 0) is 36.6 Å². The molecule has 1 saturated heterocycles. The molecule has 152 valence electrons. The van der Waals surface area contributed by atoms with Crippen molar-refractivity contribution in [2.24, 2.45) is 0 Å². The number of benzene rings is 2. The van der Waals surface area contributed by atoms with Crippen LogP contribution in [0.5, 0.6) is 0 Å². The fraction of sp³-hybridized carbons (Fsp3) is 0.385. The lowest BCUT2D eigenvalue weighted by Crippen LogP contribution is -2.35. The second kappa shape index (κ2) is 11.6. The van der Waals surface area contributed by atoms with Gasteiger partial charge in [-0.25, -0.2) is 0 Å². The van der Waals surface area contributed by atoms with E-state index in [1.807, 2.05) is 18.2 Å². The number of morpholine rings is 1. The average molecular weight is 390 g/mol. The molecule has 0 bridgehead atoms. The molecule has 3 rings (SSSR count). The third kappa shape index (κ3) is 7.18. The van der Waals surface area contributed by atoms with E-state index in [0.29, 0.717) is 6.61 Å². The summed E-state index contributed by atoms with van der Waals surface area (Å²) in [6.07, 6.45) is 3.08. The predicted molar refractivity (Wildman–Crippen MR) is 118 cm³/mol. The van der Waals surface area contributed by atoms with Crippen LogP contribution in [0.25, 0.3) is 0 Å². The number of ether oxygens (including phenoxy) is 2. The summed E-state index contributed by atoms with van der Waals surface area (Å²) in [5.41, 5.74) is 4.58. The number of allylic oxidation sites excluding steroid dienone is 1. The van der Waals surface area contributed by atoms with E-state index in [0.717, 1.165) is 50.4 Å². The summed E-state index contributed by atoms with van der Waals surface area (Å²) in [5, 5.41) is 0. The van der Waals surface area contributed by atoms with Crippen molar-refractivity contribution >= 4 is 0 Å². The summed E-state index contributed by atoms with van der Waals surface area (Å²) in [6, 6.07) is 18.8. The molecular weight excluding hydrogens is 358 g/mol. The van der Waals surface area contributed by atoms with Crippen LogP contribution in [0.1, 0.15) is 37.0 Å². The largest absolute Gasteiger partial charge is 0.379 e. The van der Waals surface area contributed by atoms with Crippen molar-refractivity contribution in [2.45, 2.75) is 39.5 Å². The van der Waals surface area contributed by atoms with E-state index in [4.69, 9.17) is 9.47 Å². The molecule has 0 amide bonds. The molecule has 1 heterocycles. The maximum atomic E-state index is 6.05.